The van der Waals surface area contributed by atoms with Gasteiger partial charge in [0.2, 0.25) is 0 Å². The van der Waals surface area contributed by atoms with E-state index in [1.54, 1.807) is 12.4 Å². The molecule has 0 atom stereocenters. The summed E-state index contributed by atoms with van der Waals surface area (Å²) in [7, 11) is 0. The van der Waals surface area contributed by atoms with Crippen LogP contribution in [0.15, 0.2) is 152 Å². The third-order valence-electron chi connectivity index (χ3n) is 7.60. The first-order chi connectivity index (χ1) is 22.5. The SMILES string of the molecule is [2H]c1c([2H])c([2H])c(-c2nc3ccccc3n2-c2c3ccccc3c(-c3ccccc3-c3ccncc3)c3ccccc23)c([2H])c1[2H]. The molecule has 41 heavy (non-hydrogen) atoms. The number of hydrogen-bond donors (Lipinski definition) is 0. The van der Waals surface area contributed by atoms with Gasteiger partial charge in [-0.15, -0.1) is 0 Å². The molecule has 3 nitrogen and oxygen atoms in total. The number of fused-ring (bicyclic) bond motifs is 3. The van der Waals surface area contributed by atoms with Crippen molar-refractivity contribution in [2.75, 3.05) is 0 Å². The van der Waals surface area contributed by atoms with Gasteiger partial charge in [-0.05, 0) is 57.3 Å². The summed E-state index contributed by atoms with van der Waals surface area (Å²) in [6.07, 6.45) is 3.60. The summed E-state index contributed by atoms with van der Waals surface area (Å²) in [6, 6.07) is 34.7. The number of aromatic nitrogens is 3. The predicted molar refractivity (Wildman–Crippen MR) is 170 cm³/mol. The number of imidazole rings is 1. The summed E-state index contributed by atoms with van der Waals surface area (Å²) >= 11 is 0. The topological polar surface area (TPSA) is 30.7 Å². The van der Waals surface area contributed by atoms with Gasteiger partial charge in [0.1, 0.15) is 5.82 Å². The van der Waals surface area contributed by atoms with E-state index in [2.05, 4.69) is 47.4 Å². The average molecular weight is 529 g/mol. The van der Waals surface area contributed by atoms with E-state index < -0.39 is 18.1 Å². The second kappa shape index (κ2) is 9.58. The van der Waals surface area contributed by atoms with Crippen LogP contribution in [0.1, 0.15) is 6.85 Å². The minimum Gasteiger partial charge on any atom is -0.291 e. The average Bonchev–Trinajstić information content (AvgIpc) is 3.47. The zero-order valence-corrected chi connectivity index (χ0v) is 21.9. The fraction of sp³-hybridized carbons (Fsp3) is 0. The lowest BCUT2D eigenvalue weighted by molar-refractivity contribution is 1.13. The highest BCUT2D eigenvalue weighted by Crippen LogP contribution is 2.45. The minimum absolute atomic E-state index is 0.0578. The Balaban J connectivity index is 1.55. The molecule has 0 amide bonds. The van der Waals surface area contributed by atoms with E-state index in [0.717, 1.165) is 55.0 Å². The molecule has 0 radical (unpaired) electrons. The van der Waals surface area contributed by atoms with Crippen LogP contribution in [-0.2, 0) is 0 Å². The van der Waals surface area contributed by atoms with E-state index in [4.69, 9.17) is 11.8 Å². The first kappa shape index (κ1) is 18.7. The molecule has 0 aliphatic heterocycles. The van der Waals surface area contributed by atoms with Gasteiger partial charge in [-0.1, -0.05) is 115 Å². The molecular weight excluding hydrogens is 498 g/mol. The molecule has 0 spiro atoms. The zero-order chi connectivity index (χ0) is 31.5. The standard InChI is InChI=1S/C38H25N3/c1-2-12-27(13-3-1)38-40-34-20-10-11-21-35(34)41(38)37-32-18-8-6-16-30(32)36(31-17-7-9-19-33(31)37)29-15-5-4-14-28(29)26-22-24-39-25-23-26/h1-25H/i1D,2D,3D,12D,13D. The number of pyridine rings is 1. The molecule has 0 N–H and O–H groups in total. The summed E-state index contributed by atoms with van der Waals surface area (Å²) in [5.74, 6) is 0.290. The molecule has 6 aromatic carbocycles. The Hall–Kier alpha value is -5.54. The van der Waals surface area contributed by atoms with Crippen molar-refractivity contribution < 1.29 is 6.85 Å². The summed E-state index contributed by atoms with van der Waals surface area (Å²) in [5, 5.41) is 3.92. The van der Waals surface area contributed by atoms with Gasteiger partial charge >= 0.3 is 0 Å². The molecule has 0 saturated carbocycles. The van der Waals surface area contributed by atoms with Crippen molar-refractivity contribution in [3.8, 4) is 39.3 Å². The van der Waals surface area contributed by atoms with Crippen LogP contribution in [-0.4, -0.2) is 14.5 Å². The van der Waals surface area contributed by atoms with Gasteiger partial charge in [0.25, 0.3) is 0 Å². The second-order valence-electron chi connectivity index (χ2n) is 9.86. The van der Waals surface area contributed by atoms with Gasteiger partial charge in [-0.2, -0.15) is 0 Å². The van der Waals surface area contributed by atoms with E-state index in [0.29, 0.717) is 11.3 Å². The van der Waals surface area contributed by atoms with Gasteiger partial charge < -0.3 is 0 Å². The lowest BCUT2D eigenvalue weighted by atomic mass is 9.87. The quantitative estimate of drug-likeness (QED) is 0.213. The van der Waals surface area contributed by atoms with Crippen LogP contribution in [0.4, 0.5) is 0 Å². The van der Waals surface area contributed by atoms with Crippen LogP contribution in [0, 0.1) is 0 Å². The van der Waals surface area contributed by atoms with Crippen LogP contribution in [0.5, 0.6) is 0 Å². The first-order valence-corrected chi connectivity index (χ1v) is 13.4. The molecule has 2 aromatic heterocycles. The van der Waals surface area contributed by atoms with E-state index in [1.807, 2.05) is 71.3 Å². The normalized spacial score (nSPS) is 13.1. The second-order valence-corrected chi connectivity index (χ2v) is 9.86. The van der Waals surface area contributed by atoms with Gasteiger partial charge in [0.05, 0.1) is 23.6 Å². The minimum atomic E-state index is -0.436. The van der Waals surface area contributed by atoms with Crippen molar-refractivity contribution >= 4 is 32.6 Å². The van der Waals surface area contributed by atoms with E-state index >= 15 is 0 Å². The number of rotatable bonds is 4. The fourth-order valence-corrected chi connectivity index (χ4v) is 5.90. The molecule has 8 rings (SSSR count). The number of nitrogens with zero attached hydrogens (tertiary/aromatic N) is 3. The highest BCUT2D eigenvalue weighted by molar-refractivity contribution is 6.20. The molecule has 0 aliphatic rings. The van der Waals surface area contributed by atoms with Crippen LogP contribution in [0.2, 0.25) is 0 Å². The monoisotopic (exact) mass is 528 g/mol. The van der Waals surface area contributed by atoms with E-state index in [1.165, 1.54) is 0 Å². The summed E-state index contributed by atoms with van der Waals surface area (Å²) in [4.78, 5) is 9.16. The van der Waals surface area contributed by atoms with E-state index in [-0.39, 0.29) is 17.6 Å². The maximum absolute atomic E-state index is 8.85. The molecule has 8 aromatic rings. The molecule has 2 heterocycles. The van der Waals surface area contributed by atoms with Gasteiger partial charge in [0, 0.05) is 28.7 Å². The zero-order valence-electron chi connectivity index (χ0n) is 26.9. The Morgan fingerprint density at radius 2 is 1.12 bits per heavy atom. The maximum atomic E-state index is 8.85. The smallest absolute Gasteiger partial charge is 0.145 e. The molecule has 0 unspecified atom stereocenters. The molecule has 192 valence electrons. The van der Waals surface area contributed by atoms with Crippen LogP contribution in [0.3, 0.4) is 0 Å². The van der Waals surface area contributed by atoms with Crippen molar-refractivity contribution in [1.82, 2.24) is 14.5 Å². The lowest BCUT2D eigenvalue weighted by Gasteiger charge is -2.21. The maximum Gasteiger partial charge on any atom is 0.145 e. The Labute approximate surface area is 245 Å². The molecule has 0 fully saturated rings. The largest absolute Gasteiger partial charge is 0.291 e. The van der Waals surface area contributed by atoms with Crippen molar-refractivity contribution in [3.63, 3.8) is 0 Å². The van der Waals surface area contributed by atoms with E-state index in [9.17, 15) is 0 Å². The molecule has 3 heteroatoms. The highest BCUT2D eigenvalue weighted by Gasteiger charge is 2.22. The third-order valence-corrected chi connectivity index (χ3v) is 7.60. The van der Waals surface area contributed by atoms with Gasteiger partial charge in [-0.3, -0.25) is 9.55 Å². The Morgan fingerprint density at radius 3 is 1.83 bits per heavy atom. The highest BCUT2D eigenvalue weighted by atomic mass is 15.1. The molecule has 0 aliphatic carbocycles. The van der Waals surface area contributed by atoms with Crippen molar-refractivity contribution in [3.05, 3.63) is 152 Å². The molecule has 0 bridgehead atoms. The Kier molecular flexibility index (Phi) is 4.37. The number of benzene rings is 6. The van der Waals surface area contributed by atoms with Crippen molar-refractivity contribution in [2.45, 2.75) is 0 Å². The summed E-state index contributed by atoms with van der Waals surface area (Å²) in [6.45, 7) is 0. The fourth-order valence-electron chi connectivity index (χ4n) is 5.90. The Morgan fingerprint density at radius 1 is 0.537 bits per heavy atom. The van der Waals surface area contributed by atoms with Crippen molar-refractivity contribution in [1.29, 1.82) is 0 Å². The molecular formula is C38H25N3. The van der Waals surface area contributed by atoms with Crippen LogP contribution in [0.25, 0.3) is 71.9 Å². The summed E-state index contributed by atoms with van der Waals surface area (Å²) < 4.78 is 44.7. The molecule has 0 saturated heterocycles. The van der Waals surface area contributed by atoms with Crippen LogP contribution >= 0.6 is 0 Å². The lowest BCUT2D eigenvalue weighted by Crippen LogP contribution is -2.01. The predicted octanol–water partition coefficient (Wildman–Crippen LogP) is 9.73. The number of para-hydroxylation sites is 2. The Bertz CT molecular complexity index is 2400. The van der Waals surface area contributed by atoms with Gasteiger partial charge in [-0.25, -0.2) is 4.98 Å². The summed E-state index contributed by atoms with van der Waals surface area (Å²) in [5.41, 5.74) is 6.61. The first-order valence-electron chi connectivity index (χ1n) is 15.9. The van der Waals surface area contributed by atoms with Crippen molar-refractivity contribution in [2.24, 2.45) is 0 Å². The third kappa shape index (κ3) is 3.75. The van der Waals surface area contributed by atoms with Gasteiger partial charge in [0.15, 0.2) is 0 Å². The number of hydrogen-bond acceptors (Lipinski definition) is 2. The van der Waals surface area contributed by atoms with Crippen LogP contribution < -0.4 is 0 Å².